The molecule has 0 spiro atoms. The van der Waals surface area contributed by atoms with Crippen molar-refractivity contribution in [3.05, 3.63) is 60.2 Å². The predicted molar refractivity (Wildman–Crippen MR) is 89.8 cm³/mol. The first kappa shape index (κ1) is 16.7. The number of amides is 2. The molecule has 0 atom stereocenters. The van der Waals surface area contributed by atoms with Crippen molar-refractivity contribution < 1.29 is 14.3 Å². The van der Waals surface area contributed by atoms with E-state index in [0.717, 1.165) is 17.1 Å². The van der Waals surface area contributed by atoms with Gasteiger partial charge in [-0.15, -0.1) is 0 Å². The van der Waals surface area contributed by atoms with Crippen molar-refractivity contribution in [2.24, 2.45) is 0 Å². The van der Waals surface area contributed by atoms with Crippen molar-refractivity contribution in [2.75, 3.05) is 27.3 Å². The Balaban J connectivity index is 1.69. The number of nitrogens with zero attached hydrogens (tertiary/aromatic N) is 1. The van der Waals surface area contributed by atoms with E-state index in [2.05, 4.69) is 5.32 Å². The Bertz CT molecular complexity index is 599. The average Bonchev–Trinajstić information content (AvgIpc) is 2.61. The third-order valence-corrected chi connectivity index (χ3v) is 3.39. The van der Waals surface area contributed by atoms with Gasteiger partial charge in [-0.25, -0.2) is 4.79 Å². The maximum atomic E-state index is 12.0. The molecule has 23 heavy (non-hydrogen) atoms. The zero-order chi connectivity index (χ0) is 16.5. The van der Waals surface area contributed by atoms with E-state index in [4.69, 9.17) is 9.47 Å². The standard InChI is InChI=1S/C18H22N2O3/c1-20(18(21)19-14-15-6-4-3-5-7-15)12-13-23-17-10-8-16(22-2)9-11-17/h3-11H,12-14H2,1-2H3,(H,19,21). The Morgan fingerprint density at radius 2 is 1.70 bits per heavy atom. The Hall–Kier alpha value is -2.69. The fourth-order valence-electron chi connectivity index (χ4n) is 1.98. The number of nitrogens with one attached hydrogen (secondary N) is 1. The van der Waals surface area contributed by atoms with Gasteiger partial charge in [0.2, 0.25) is 0 Å². The lowest BCUT2D eigenvalue weighted by molar-refractivity contribution is 0.195. The van der Waals surface area contributed by atoms with E-state index in [-0.39, 0.29) is 6.03 Å². The molecule has 2 amide bonds. The quantitative estimate of drug-likeness (QED) is 0.855. The molecular formula is C18H22N2O3. The third kappa shape index (κ3) is 5.54. The van der Waals surface area contributed by atoms with Crippen LogP contribution in [0.5, 0.6) is 11.5 Å². The van der Waals surface area contributed by atoms with Crippen LogP contribution in [0.1, 0.15) is 5.56 Å². The smallest absolute Gasteiger partial charge is 0.317 e. The zero-order valence-electron chi connectivity index (χ0n) is 13.5. The van der Waals surface area contributed by atoms with E-state index >= 15 is 0 Å². The Morgan fingerprint density at radius 1 is 1.04 bits per heavy atom. The molecule has 0 heterocycles. The first-order chi connectivity index (χ1) is 11.2. The van der Waals surface area contributed by atoms with Crippen LogP contribution in [0.25, 0.3) is 0 Å². The highest BCUT2D eigenvalue weighted by Crippen LogP contribution is 2.16. The van der Waals surface area contributed by atoms with E-state index in [0.29, 0.717) is 19.7 Å². The van der Waals surface area contributed by atoms with E-state index in [1.54, 1.807) is 19.1 Å². The summed E-state index contributed by atoms with van der Waals surface area (Å²) in [6.45, 7) is 1.46. The second-order valence-electron chi connectivity index (χ2n) is 5.09. The Morgan fingerprint density at radius 3 is 2.35 bits per heavy atom. The first-order valence-corrected chi connectivity index (χ1v) is 7.49. The van der Waals surface area contributed by atoms with Gasteiger partial charge < -0.3 is 19.7 Å². The SMILES string of the molecule is COc1ccc(OCCN(C)C(=O)NCc2ccccc2)cc1. The highest BCUT2D eigenvalue weighted by Gasteiger charge is 2.07. The molecule has 0 saturated heterocycles. The molecular weight excluding hydrogens is 292 g/mol. The lowest BCUT2D eigenvalue weighted by Gasteiger charge is -2.18. The number of hydrogen-bond acceptors (Lipinski definition) is 3. The largest absolute Gasteiger partial charge is 0.497 e. The van der Waals surface area contributed by atoms with Crippen LogP contribution in [-0.4, -0.2) is 38.2 Å². The van der Waals surface area contributed by atoms with Gasteiger partial charge in [0.15, 0.2) is 0 Å². The maximum Gasteiger partial charge on any atom is 0.317 e. The molecule has 5 nitrogen and oxygen atoms in total. The number of methoxy groups -OCH3 is 1. The van der Waals surface area contributed by atoms with Crippen molar-refractivity contribution in [2.45, 2.75) is 6.54 Å². The predicted octanol–water partition coefficient (Wildman–Crippen LogP) is 2.92. The molecule has 122 valence electrons. The summed E-state index contributed by atoms with van der Waals surface area (Å²) in [5.74, 6) is 1.54. The molecule has 2 aromatic carbocycles. The normalized spacial score (nSPS) is 10.0. The number of carbonyl (C=O) groups is 1. The molecule has 0 aliphatic carbocycles. The molecule has 0 aliphatic rings. The molecule has 2 aromatic rings. The lowest BCUT2D eigenvalue weighted by Crippen LogP contribution is -2.39. The van der Waals surface area contributed by atoms with Gasteiger partial charge in [-0.05, 0) is 29.8 Å². The second kappa shape index (κ2) is 8.68. The van der Waals surface area contributed by atoms with Gasteiger partial charge in [0.1, 0.15) is 18.1 Å². The van der Waals surface area contributed by atoms with Crippen LogP contribution >= 0.6 is 0 Å². The van der Waals surface area contributed by atoms with Gasteiger partial charge in [-0.3, -0.25) is 0 Å². The van der Waals surface area contributed by atoms with Crippen molar-refractivity contribution in [1.29, 1.82) is 0 Å². The van der Waals surface area contributed by atoms with Crippen molar-refractivity contribution >= 4 is 6.03 Å². The number of likely N-dealkylation sites (N-methyl/N-ethyl adjacent to an activating group) is 1. The van der Waals surface area contributed by atoms with Crippen LogP contribution in [0.3, 0.4) is 0 Å². The highest BCUT2D eigenvalue weighted by molar-refractivity contribution is 5.73. The van der Waals surface area contributed by atoms with Crippen LogP contribution in [0.2, 0.25) is 0 Å². The maximum absolute atomic E-state index is 12.0. The molecule has 0 bridgehead atoms. The van der Waals surface area contributed by atoms with Crippen molar-refractivity contribution in [3.8, 4) is 11.5 Å². The van der Waals surface area contributed by atoms with Crippen LogP contribution in [0.4, 0.5) is 4.79 Å². The summed E-state index contributed by atoms with van der Waals surface area (Å²) < 4.78 is 10.7. The molecule has 0 saturated carbocycles. The van der Waals surface area contributed by atoms with Crippen LogP contribution in [0, 0.1) is 0 Å². The summed E-state index contributed by atoms with van der Waals surface area (Å²) in [5, 5.41) is 2.88. The van der Waals surface area contributed by atoms with E-state index in [1.807, 2.05) is 54.6 Å². The van der Waals surface area contributed by atoms with E-state index < -0.39 is 0 Å². The van der Waals surface area contributed by atoms with Gasteiger partial charge >= 0.3 is 6.03 Å². The molecule has 0 fully saturated rings. The summed E-state index contributed by atoms with van der Waals surface area (Å²) in [7, 11) is 3.37. The number of ether oxygens (including phenoxy) is 2. The van der Waals surface area contributed by atoms with E-state index in [1.165, 1.54) is 0 Å². The second-order valence-corrected chi connectivity index (χ2v) is 5.09. The molecule has 0 unspecified atom stereocenters. The Labute approximate surface area is 136 Å². The monoisotopic (exact) mass is 314 g/mol. The fraction of sp³-hybridized carbons (Fsp3) is 0.278. The fourth-order valence-corrected chi connectivity index (χ4v) is 1.98. The van der Waals surface area contributed by atoms with Crippen molar-refractivity contribution in [1.82, 2.24) is 10.2 Å². The molecule has 0 aromatic heterocycles. The van der Waals surface area contributed by atoms with Gasteiger partial charge in [0, 0.05) is 13.6 Å². The van der Waals surface area contributed by atoms with Crippen molar-refractivity contribution in [3.63, 3.8) is 0 Å². The number of carbonyl (C=O) groups excluding carboxylic acids is 1. The van der Waals surface area contributed by atoms with Gasteiger partial charge in [-0.1, -0.05) is 30.3 Å². The lowest BCUT2D eigenvalue weighted by atomic mass is 10.2. The minimum Gasteiger partial charge on any atom is -0.497 e. The summed E-state index contributed by atoms with van der Waals surface area (Å²) in [6.07, 6.45) is 0. The number of urea groups is 1. The van der Waals surface area contributed by atoms with E-state index in [9.17, 15) is 4.79 Å². The molecule has 0 radical (unpaired) electrons. The summed E-state index contributed by atoms with van der Waals surface area (Å²) in [6, 6.07) is 17.1. The summed E-state index contributed by atoms with van der Waals surface area (Å²) in [4.78, 5) is 13.6. The van der Waals surface area contributed by atoms with Gasteiger partial charge in [0.05, 0.1) is 13.7 Å². The van der Waals surface area contributed by atoms with Gasteiger partial charge in [0.25, 0.3) is 0 Å². The minimum absolute atomic E-state index is 0.118. The molecule has 5 heteroatoms. The van der Waals surface area contributed by atoms with Gasteiger partial charge in [-0.2, -0.15) is 0 Å². The average molecular weight is 314 g/mol. The summed E-state index contributed by atoms with van der Waals surface area (Å²) >= 11 is 0. The first-order valence-electron chi connectivity index (χ1n) is 7.49. The minimum atomic E-state index is -0.118. The number of benzene rings is 2. The highest BCUT2D eigenvalue weighted by atomic mass is 16.5. The molecule has 0 aliphatic heterocycles. The van der Waals surface area contributed by atoms with Crippen LogP contribution in [-0.2, 0) is 6.54 Å². The third-order valence-electron chi connectivity index (χ3n) is 3.39. The summed E-state index contributed by atoms with van der Waals surface area (Å²) in [5.41, 5.74) is 1.07. The number of hydrogen-bond donors (Lipinski definition) is 1. The van der Waals surface area contributed by atoms with Crippen LogP contribution < -0.4 is 14.8 Å². The van der Waals surface area contributed by atoms with Crippen LogP contribution in [0.15, 0.2) is 54.6 Å². The zero-order valence-corrected chi connectivity index (χ0v) is 13.5. The topological polar surface area (TPSA) is 50.8 Å². The Kier molecular flexibility index (Phi) is 6.29. The molecule has 1 N–H and O–H groups in total. The number of rotatable bonds is 7. The molecule has 2 rings (SSSR count).